The number of hydrogen-bond donors (Lipinski definition) is 1. The lowest BCUT2D eigenvalue weighted by Crippen LogP contribution is -2.27. The van der Waals surface area contributed by atoms with Gasteiger partial charge in [0.2, 0.25) is 0 Å². The van der Waals surface area contributed by atoms with Gasteiger partial charge in [0.15, 0.2) is 0 Å². The molecule has 3 nitrogen and oxygen atoms in total. The number of fused-ring (bicyclic) bond motifs is 2. The van der Waals surface area contributed by atoms with Crippen LogP contribution >= 0.6 is 12.4 Å². The molecule has 1 aromatic heterocycles. The van der Waals surface area contributed by atoms with Gasteiger partial charge in [-0.05, 0) is 43.7 Å². The van der Waals surface area contributed by atoms with Crippen LogP contribution in [0.2, 0.25) is 0 Å². The first-order valence-electron chi connectivity index (χ1n) is 9.29. The predicted molar refractivity (Wildman–Crippen MR) is 113 cm³/mol. The molecular formula is C22H26ClN3. The van der Waals surface area contributed by atoms with E-state index in [1.807, 2.05) is 12.1 Å². The van der Waals surface area contributed by atoms with E-state index in [0.29, 0.717) is 0 Å². The Kier molecular flexibility index (Phi) is 6.00. The fourth-order valence-electron chi connectivity index (χ4n) is 3.82. The third-order valence-electron chi connectivity index (χ3n) is 5.16. The van der Waals surface area contributed by atoms with Gasteiger partial charge in [0.1, 0.15) is 5.82 Å². The highest BCUT2D eigenvalue weighted by atomic mass is 35.5. The van der Waals surface area contributed by atoms with Crippen LogP contribution < -0.4 is 10.6 Å². The van der Waals surface area contributed by atoms with Gasteiger partial charge < -0.3 is 10.6 Å². The second kappa shape index (κ2) is 8.41. The topological polar surface area (TPSA) is 42.1 Å². The van der Waals surface area contributed by atoms with Crippen molar-refractivity contribution in [3.05, 3.63) is 65.7 Å². The molecule has 0 bridgehead atoms. The first-order chi connectivity index (χ1) is 12.3. The number of nitrogens with zero attached hydrogens (tertiary/aromatic N) is 2. The Morgan fingerprint density at radius 3 is 2.58 bits per heavy atom. The summed E-state index contributed by atoms with van der Waals surface area (Å²) in [6.07, 6.45) is 5.67. The van der Waals surface area contributed by atoms with Crippen molar-refractivity contribution in [3.63, 3.8) is 0 Å². The third kappa shape index (κ3) is 3.78. The molecule has 4 heteroatoms. The van der Waals surface area contributed by atoms with E-state index < -0.39 is 0 Å². The lowest BCUT2D eigenvalue weighted by molar-refractivity contribution is 0.684. The number of nitrogen functional groups attached to an aromatic ring is 1. The largest absolute Gasteiger partial charge is 0.398 e. The summed E-state index contributed by atoms with van der Waals surface area (Å²) in [7, 11) is 0. The van der Waals surface area contributed by atoms with E-state index >= 15 is 0 Å². The zero-order chi connectivity index (χ0) is 17.1. The number of aromatic nitrogens is 1. The van der Waals surface area contributed by atoms with Gasteiger partial charge in [-0.3, -0.25) is 0 Å². The monoisotopic (exact) mass is 367 g/mol. The van der Waals surface area contributed by atoms with E-state index in [0.717, 1.165) is 54.8 Å². The quantitative estimate of drug-likeness (QED) is 0.704. The molecule has 3 aromatic rings. The second-order valence-corrected chi connectivity index (χ2v) is 6.88. The molecule has 0 fully saturated rings. The minimum atomic E-state index is 0. The second-order valence-electron chi connectivity index (χ2n) is 6.88. The Morgan fingerprint density at radius 2 is 1.73 bits per heavy atom. The van der Waals surface area contributed by atoms with Crippen molar-refractivity contribution in [1.82, 2.24) is 4.98 Å². The molecule has 0 saturated carbocycles. The summed E-state index contributed by atoms with van der Waals surface area (Å²) in [5.74, 6) is 1.11. The van der Waals surface area contributed by atoms with Crippen LogP contribution in [0.15, 0.2) is 54.6 Å². The van der Waals surface area contributed by atoms with Crippen molar-refractivity contribution in [1.29, 1.82) is 0 Å². The molecule has 0 aliphatic carbocycles. The fraction of sp³-hybridized carbons (Fsp3) is 0.318. The SMILES string of the molecule is Cl.Nc1c2c(nc3ccccc13)N(CCCc1ccccc1)CCCC2. The zero-order valence-corrected chi connectivity index (χ0v) is 15.8. The Hall–Kier alpha value is -2.26. The van der Waals surface area contributed by atoms with Crippen LogP contribution in [-0.2, 0) is 12.8 Å². The molecule has 2 N–H and O–H groups in total. The Morgan fingerprint density at radius 1 is 0.962 bits per heavy atom. The molecule has 0 spiro atoms. The summed E-state index contributed by atoms with van der Waals surface area (Å²) >= 11 is 0. The molecule has 136 valence electrons. The first-order valence-corrected chi connectivity index (χ1v) is 9.29. The number of hydrogen-bond acceptors (Lipinski definition) is 3. The van der Waals surface area contributed by atoms with Crippen LogP contribution in [0.4, 0.5) is 11.5 Å². The van der Waals surface area contributed by atoms with Crippen molar-refractivity contribution in [2.45, 2.75) is 32.1 Å². The number of anilines is 2. The number of halogens is 1. The molecule has 0 atom stereocenters. The lowest BCUT2D eigenvalue weighted by atomic mass is 10.0. The molecule has 4 rings (SSSR count). The van der Waals surface area contributed by atoms with Gasteiger partial charge in [0.25, 0.3) is 0 Å². The Bertz CT molecular complexity index is 864. The normalized spacial score (nSPS) is 13.8. The molecule has 1 aliphatic rings. The third-order valence-corrected chi connectivity index (χ3v) is 5.16. The van der Waals surface area contributed by atoms with Crippen molar-refractivity contribution < 1.29 is 0 Å². The molecule has 0 amide bonds. The van der Waals surface area contributed by atoms with Crippen LogP contribution in [0.25, 0.3) is 10.9 Å². The predicted octanol–water partition coefficient (Wildman–Crippen LogP) is 5.01. The summed E-state index contributed by atoms with van der Waals surface area (Å²) < 4.78 is 0. The minimum Gasteiger partial charge on any atom is -0.398 e. The van der Waals surface area contributed by atoms with E-state index in [1.54, 1.807) is 0 Å². The van der Waals surface area contributed by atoms with Gasteiger partial charge in [-0.25, -0.2) is 4.98 Å². The van der Waals surface area contributed by atoms with Crippen molar-refractivity contribution in [2.75, 3.05) is 23.7 Å². The number of nitrogens with two attached hydrogens (primary N) is 1. The van der Waals surface area contributed by atoms with Gasteiger partial charge in [0, 0.05) is 29.7 Å². The Balaban J connectivity index is 0.00000196. The van der Waals surface area contributed by atoms with Gasteiger partial charge in [0.05, 0.1) is 5.52 Å². The molecule has 2 aromatic carbocycles. The van der Waals surface area contributed by atoms with E-state index in [1.165, 1.54) is 24.0 Å². The van der Waals surface area contributed by atoms with Crippen molar-refractivity contribution in [3.8, 4) is 0 Å². The zero-order valence-electron chi connectivity index (χ0n) is 15.0. The average molecular weight is 368 g/mol. The smallest absolute Gasteiger partial charge is 0.134 e. The number of rotatable bonds is 4. The highest BCUT2D eigenvalue weighted by Gasteiger charge is 2.20. The maximum atomic E-state index is 6.52. The van der Waals surface area contributed by atoms with Crippen molar-refractivity contribution >= 4 is 34.8 Å². The van der Waals surface area contributed by atoms with Crippen LogP contribution in [0.5, 0.6) is 0 Å². The van der Waals surface area contributed by atoms with Crippen molar-refractivity contribution in [2.24, 2.45) is 0 Å². The number of para-hydroxylation sites is 1. The van der Waals surface area contributed by atoms with Gasteiger partial charge in [-0.1, -0.05) is 48.5 Å². The van der Waals surface area contributed by atoms with Crippen LogP contribution in [0.3, 0.4) is 0 Å². The summed E-state index contributed by atoms with van der Waals surface area (Å²) in [5.41, 5.74) is 11.1. The summed E-state index contributed by atoms with van der Waals surface area (Å²) in [5, 5.41) is 1.09. The fourth-order valence-corrected chi connectivity index (χ4v) is 3.82. The molecular weight excluding hydrogens is 342 g/mol. The molecule has 26 heavy (non-hydrogen) atoms. The van der Waals surface area contributed by atoms with Gasteiger partial charge in [-0.15, -0.1) is 12.4 Å². The summed E-state index contributed by atoms with van der Waals surface area (Å²) in [6, 6.07) is 19.0. The van der Waals surface area contributed by atoms with Crippen LogP contribution in [-0.4, -0.2) is 18.1 Å². The van der Waals surface area contributed by atoms with E-state index in [-0.39, 0.29) is 12.4 Å². The maximum Gasteiger partial charge on any atom is 0.134 e. The standard InChI is InChI=1S/C22H25N3.ClH/c23-21-18-12-4-5-14-20(18)24-22-19(21)13-6-7-15-25(22)16-8-11-17-9-2-1-3-10-17;/h1-5,9-10,12,14H,6-8,11,13,15-16H2,(H2,23,24);1H. The summed E-state index contributed by atoms with van der Waals surface area (Å²) in [6.45, 7) is 2.11. The molecule has 0 unspecified atom stereocenters. The molecule has 1 aliphatic heterocycles. The minimum absolute atomic E-state index is 0. The van der Waals surface area contributed by atoms with E-state index in [2.05, 4.69) is 47.4 Å². The van der Waals surface area contributed by atoms with E-state index in [9.17, 15) is 0 Å². The number of benzene rings is 2. The highest BCUT2D eigenvalue weighted by molar-refractivity contribution is 5.94. The Labute approximate surface area is 161 Å². The average Bonchev–Trinajstić information content (AvgIpc) is 2.86. The summed E-state index contributed by atoms with van der Waals surface area (Å²) in [4.78, 5) is 7.44. The molecule has 2 heterocycles. The van der Waals surface area contributed by atoms with E-state index in [4.69, 9.17) is 10.7 Å². The molecule has 0 saturated heterocycles. The van der Waals surface area contributed by atoms with Crippen LogP contribution in [0.1, 0.15) is 30.4 Å². The maximum absolute atomic E-state index is 6.52. The number of pyridine rings is 1. The van der Waals surface area contributed by atoms with Crippen LogP contribution in [0, 0.1) is 0 Å². The number of aryl methyl sites for hydroxylation is 1. The van der Waals surface area contributed by atoms with Gasteiger partial charge >= 0.3 is 0 Å². The van der Waals surface area contributed by atoms with Gasteiger partial charge in [-0.2, -0.15) is 0 Å². The highest BCUT2D eigenvalue weighted by Crippen LogP contribution is 2.34. The molecule has 0 radical (unpaired) electrons. The lowest BCUT2D eigenvalue weighted by Gasteiger charge is -2.25. The first kappa shape index (κ1) is 18.5.